The number of pyridine rings is 1. The second-order valence-electron chi connectivity index (χ2n) is 7.08. The third-order valence-corrected chi connectivity index (χ3v) is 5.73. The number of nitrogens with one attached hydrogen (secondary N) is 1. The lowest BCUT2D eigenvalue weighted by Crippen LogP contribution is -2.34. The van der Waals surface area contributed by atoms with Crippen molar-refractivity contribution in [3.05, 3.63) is 29.6 Å². The summed E-state index contributed by atoms with van der Waals surface area (Å²) in [5.41, 5.74) is 2.97. The molecule has 0 aromatic carbocycles. The van der Waals surface area contributed by atoms with Gasteiger partial charge in [-0.1, -0.05) is 18.9 Å². The highest BCUT2D eigenvalue weighted by Crippen LogP contribution is 2.45. The summed E-state index contributed by atoms with van der Waals surface area (Å²) in [5, 5.41) is 3.78. The van der Waals surface area contributed by atoms with Crippen molar-refractivity contribution in [2.24, 2.45) is 11.8 Å². The zero-order valence-electron chi connectivity index (χ0n) is 12.4. The van der Waals surface area contributed by atoms with Crippen molar-refractivity contribution in [1.29, 1.82) is 0 Å². The Morgan fingerprint density at radius 3 is 2.90 bits per heavy atom. The van der Waals surface area contributed by atoms with E-state index in [1.165, 1.54) is 69.2 Å². The summed E-state index contributed by atoms with van der Waals surface area (Å²) in [6.45, 7) is 1.26. The van der Waals surface area contributed by atoms with Crippen LogP contribution in [0.3, 0.4) is 0 Å². The molecule has 0 saturated heterocycles. The van der Waals surface area contributed by atoms with Crippen LogP contribution in [0.25, 0.3) is 0 Å². The molecule has 1 N–H and O–H groups in total. The van der Waals surface area contributed by atoms with E-state index in [-0.39, 0.29) is 0 Å². The predicted molar refractivity (Wildman–Crippen MR) is 81.8 cm³/mol. The molecule has 0 radical (unpaired) electrons. The van der Waals surface area contributed by atoms with Crippen LogP contribution in [-0.2, 0) is 6.42 Å². The molecular formula is C18H26N2. The first-order chi connectivity index (χ1) is 9.92. The standard InChI is InChI=1S/C18H26N2/c1-2-6-16(14(4-1)12-20-15-8-9-15)17-10-7-13-5-3-11-19-18(13)17/h3,5,11,14-17,20H,1-2,4,6-10,12H2. The van der Waals surface area contributed by atoms with Crippen molar-refractivity contribution in [1.82, 2.24) is 10.3 Å². The minimum absolute atomic E-state index is 0.748. The van der Waals surface area contributed by atoms with Crippen molar-refractivity contribution < 1.29 is 0 Å². The van der Waals surface area contributed by atoms with Crippen molar-refractivity contribution in [2.45, 2.75) is 63.3 Å². The van der Waals surface area contributed by atoms with Gasteiger partial charge in [-0.05, 0) is 68.5 Å². The Morgan fingerprint density at radius 2 is 2.00 bits per heavy atom. The van der Waals surface area contributed by atoms with Gasteiger partial charge in [0, 0.05) is 23.9 Å². The van der Waals surface area contributed by atoms with Crippen molar-refractivity contribution in [3.8, 4) is 0 Å². The Morgan fingerprint density at radius 1 is 1.10 bits per heavy atom. The molecule has 1 aromatic heterocycles. The van der Waals surface area contributed by atoms with Crippen LogP contribution in [0.5, 0.6) is 0 Å². The third kappa shape index (κ3) is 2.50. The molecular weight excluding hydrogens is 244 g/mol. The zero-order valence-corrected chi connectivity index (χ0v) is 12.4. The number of fused-ring (bicyclic) bond motifs is 1. The normalized spacial score (nSPS) is 33.1. The first-order valence-electron chi connectivity index (χ1n) is 8.59. The maximum absolute atomic E-state index is 4.74. The average molecular weight is 270 g/mol. The third-order valence-electron chi connectivity index (χ3n) is 5.73. The maximum atomic E-state index is 4.74. The molecule has 2 saturated carbocycles. The van der Waals surface area contributed by atoms with Crippen molar-refractivity contribution >= 4 is 0 Å². The fourth-order valence-electron chi connectivity index (χ4n) is 4.49. The fourth-order valence-corrected chi connectivity index (χ4v) is 4.49. The molecule has 20 heavy (non-hydrogen) atoms. The second-order valence-corrected chi connectivity index (χ2v) is 7.08. The lowest BCUT2D eigenvalue weighted by Gasteiger charge is -2.36. The summed E-state index contributed by atoms with van der Waals surface area (Å²) < 4.78 is 0. The highest BCUT2D eigenvalue weighted by atomic mass is 14.9. The van der Waals surface area contributed by atoms with Crippen LogP contribution in [0.15, 0.2) is 18.3 Å². The highest BCUT2D eigenvalue weighted by molar-refractivity contribution is 5.29. The van der Waals surface area contributed by atoms with Gasteiger partial charge in [-0.2, -0.15) is 0 Å². The van der Waals surface area contributed by atoms with Crippen molar-refractivity contribution in [3.63, 3.8) is 0 Å². The lowest BCUT2D eigenvalue weighted by molar-refractivity contribution is 0.192. The molecule has 1 heterocycles. The molecule has 3 unspecified atom stereocenters. The smallest absolute Gasteiger partial charge is 0.0469 e. The van der Waals surface area contributed by atoms with Gasteiger partial charge in [0.05, 0.1) is 0 Å². The molecule has 3 aliphatic rings. The predicted octanol–water partition coefficient (Wildman–Crippen LogP) is 3.67. The fraction of sp³-hybridized carbons (Fsp3) is 0.722. The molecule has 2 heteroatoms. The molecule has 1 aromatic rings. The Balaban J connectivity index is 1.49. The number of rotatable bonds is 4. The maximum Gasteiger partial charge on any atom is 0.0469 e. The Labute approximate surface area is 122 Å². The van der Waals surface area contributed by atoms with Crippen LogP contribution in [0.2, 0.25) is 0 Å². The molecule has 2 nitrogen and oxygen atoms in total. The van der Waals surface area contributed by atoms with Gasteiger partial charge in [0.2, 0.25) is 0 Å². The molecule has 4 rings (SSSR count). The molecule has 108 valence electrons. The van der Waals surface area contributed by atoms with Crippen LogP contribution in [0.4, 0.5) is 0 Å². The minimum atomic E-state index is 0.748. The van der Waals surface area contributed by atoms with Gasteiger partial charge in [-0.3, -0.25) is 4.98 Å². The van der Waals surface area contributed by atoms with Crippen molar-refractivity contribution in [2.75, 3.05) is 6.54 Å². The van der Waals surface area contributed by atoms with E-state index in [9.17, 15) is 0 Å². The van der Waals surface area contributed by atoms with E-state index in [1.807, 2.05) is 6.20 Å². The van der Waals surface area contributed by atoms with E-state index >= 15 is 0 Å². The summed E-state index contributed by atoms with van der Waals surface area (Å²) in [6, 6.07) is 5.25. The minimum Gasteiger partial charge on any atom is -0.314 e. The molecule has 3 aliphatic carbocycles. The number of hydrogen-bond acceptors (Lipinski definition) is 2. The van der Waals surface area contributed by atoms with Gasteiger partial charge in [0.25, 0.3) is 0 Å². The Hall–Kier alpha value is -0.890. The van der Waals surface area contributed by atoms with E-state index in [1.54, 1.807) is 0 Å². The number of nitrogens with zero attached hydrogens (tertiary/aromatic N) is 1. The topological polar surface area (TPSA) is 24.9 Å². The number of aryl methyl sites for hydroxylation is 1. The SMILES string of the molecule is c1cnc2c(c1)CCC2C1CCCCC1CNC1CC1. The van der Waals surface area contributed by atoms with Crippen LogP contribution < -0.4 is 5.32 Å². The summed E-state index contributed by atoms with van der Waals surface area (Å²) in [4.78, 5) is 4.74. The van der Waals surface area contributed by atoms with Gasteiger partial charge < -0.3 is 5.32 Å². The molecule has 0 aliphatic heterocycles. The highest BCUT2D eigenvalue weighted by Gasteiger charge is 2.37. The van der Waals surface area contributed by atoms with E-state index in [2.05, 4.69) is 17.4 Å². The summed E-state index contributed by atoms with van der Waals surface area (Å²) in [5.74, 6) is 2.52. The lowest BCUT2D eigenvalue weighted by atomic mass is 9.71. The number of aromatic nitrogens is 1. The average Bonchev–Trinajstić information content (AvgIpc) is 3.23. The second kappa shape index (κ2) is 5.48. The van der Waals surface area contributed by atoms with Crippen LogP contribution in [-0.4, -0.2) is 17.6 Å². The van der Waals surface area contributed by atoms with Gasteiger partial charge in [0.15, 0.2) is 0 Å². The summed E-state index contributed by atoms with van der Waals surface area (Å²) >= 11 is 0. The van der Waals surface area contributed by atoms with Gasteiger partial charge in [-0.15, -0.1) is 0 Å². The summed E-state index contributed by atoms with van der Waals surface area (Å²) in [6.07, 6.45) is 13.2. The monoisotopic (exact) mass is 270 g/mol. The number of hydrogen-bond donors (Lipinski definition) is 1. The van der Waals surface area contributed by atoms with Crippen LogP contribution in [0.1, 0.15) is 62.1 Å². The van der Waals surface area contributed by atoms with E-state index < -0.39 is 0 Å². The zero-order chi connectivity index (χ0) is 13.4. The first kappa shape index (κ1) is 12.8. The van der Waals surface area contributed by atoms with E-state index in [0.717, 1.165) is 23.8 Å². The summed E-state index contributed by atoms with van der Waals surface area (Å²) in [7, 11) is 0. The largest absolute Gasteiger partial charge is 0.314 e. The van der Waals surface area contributed by atoms with Crippen LogP contribution in [0, 0.1) is 11.8 Å². The Bertz CT molecular complexity index is 466. The Kier molecular flexibility index (Phi) is 3.51. The quantitative estimate of drug-likeness (QED) is 0.903. The first-order valence-corrected chi connectivity index (χ1v) is 8.59. The van der Waals surface area contributed by atoms with Gasteiger partial charge in [-0.25, -0.2) is 0 Å². The molecule has 0 bridgehead atoms. The molecule has 3 atom stereocenters. The molecule has 0 spiro atoms. The van der Waals surface area contributed by atoms with E-state index in [0.29, 0.717) is 0 Å². The molecule has 0 amide bonds. The van der Waals surface area contributed by atoms with Gasteiger partial charge >= 0.3 is 0 Å². The van der Waals surface area contributed by atoms with E-state index in [4.69, 9.17) is 4.98 Å². The molecule has 2 fully saturated rings. The van der Waals surface area contributed by atoms with Crippen LogP contribution >= 0.6 is 0 Å². The van der Waals surface area contributed by atoms with Gasteiger partial charge in [0.1, 0.15) is 0 Å².